The third-order valence-electron chi connectivity index (χ3n) is 2.04. The van der Waals surface area contributed by atoms with Gasteiger partial charge in [-0.15, -0.1) is 13.2 Å². The lowest BCUT2D eigenvalue weighted by atomic mass is 10.1. The van der Waals surface area contributed by atoms with E-state index in [1.807, 2.05) is 0 Å². The van der Waals surface area contributed by atoms with E-state index >= 15 is 0 Å². The minimum absolute atomic E-state index is 0.275. The first kappa shape index (κ1) is 14.7. The molecular formula is C11H13F4NO2. The van der Waals surface area contributed by atoms with Gasteiger partial charge in [-0.05, 0) is 36.7 Å². The summed E-state index contributed by atoms with van der Waals surface area (Å²) in [4.78, 5) is 0. The van der Waals surface area contributed by atoms with Gasteiger partial charge >= 0.3 is 6.36 Å². The maximum Gasteiger partial charge on any atom is 0.522 e. The van der Waals surface area contributed by atoms with E-state index in [2.05, 4.69) is 4.74 Å². The first-order valence-electron chi connectivity index (χ1n) is 5.24. The molecular weight excluding hydrogens is 254 g/mol. The average molecular weight is 267 g/mol. The third-order valence-corrected chi connectivity index (χ3v) is 2.04. The number of alkyl halides is 3. The van der Waals surface area contributed by atoms with Gasteiger partial charge in [0.2, 0.25) is 0 Å². The van der Waals surface area contributed by atoms with Crippen LogP contribution in [0.4, 0.5) is 17.6 Å². The van der Waals surface area contributed by atoms with Gasteiger partial charge in [-0.3, -0.25) is 4.74 Å². The number of benzene rings is 1. The molecule has 3 nitrogen and oxygen atoms in total. The fourth-order valence-corrected chi connectivity index (χ4v) is 1.35. The number of hydrogen-bond donors (Lipinski definition) is 1. The SMILES string of the molecule is NCCc1cc(F)ccc1OCCOC(F)(F)F. The molecule has 0 aliphatic heterocycles. The minimum atomic E-state index is -4.67. The average Bonchev–Trinajstić information content (AvgIpc) is 2.26. The zero-order valence-electron chi connectivity index (χ0n) is 9.47. The minimum Gasteiger partial charge on any atom is -0.491 e. The van der Waals surface area contributed by atoms with Gasteiger partial charge in [-0.1, -0.05) is 0 Å². The van der Waals surface area contributed by atoms with Crippen molar-refractivity contribution in [2.24, 2.45) is 5.73 Å². The van der Waals surface area contributed by atoms with Gasteiger partial charge < -0.3 is 10.5 Å². The first-order chi connectivity index (χ1) is 8.42. The largest absolute Gasteiger partial charge is 0.522 e. The second-order valence-corrected chi connectivity index (χ2v) is 3.43. The fraction of sp³-hybridized carbons (Fsp3) is 0.455. The van der Waals surface area contributed by atoms with Gasteiger partial charge in [0.25, 0.3) is 0 Å². The molecule has 0 amide bonds. The summed E-state index contributed by atoms with van der Waals surface area (Å²) in [7, 11) is 0. The number of nitrogens with two attached hydrogens (primary N) is 1. The summed E-state index contributed by atoms with van der Waals surface area (Å²) in [6.45, 7) is -0.607. The maximum atomic E-state index is 12.9. The predicted octanol–water partition coefficient (Wildman–Crippen LogP) is 2.24. The van der Waals surface area contributed by atoms with Crippen molar-refractivity contribution in [1.29, 1.82) is 0 Å². The van der Waals surface area contributed by atoms with E-state index < -0.39 is 18.8 Å². The topological polar surface area (TPSA) is 44.5 Å². The van der Waals surface area contributed by atoms with Gasteiger partial charge in [-0.25, -0.2) is 4.39 Å². The highest BCUT2D eigenvalue weighted by Gasteiger charge is 2.28. The van der Waals surface area contributed by atoms with Crippen molar-refractivity contribution in [2.75, 3.05) is 19.8 Å². The Bertz CT molecular complexity index is 382. The second-order valence-electron chi connectivity index (χ2n) is 3.43. The normalized spacial score (nSPS) is 11.6. The predicted molar refractivity (Wildman–Crippen MR) is 56.7 cm³/mol. The molecule has 0 bridgehead atoms. The van der Waals surface area contributed by atoms with Crippen molar-refractivity contribution in [3.8, 4) is 5.75 Å². The Hall–Kier alpha value is -1.34. The highest BCUT2D eigenvalue weighted by Crippen LogP contribution is 2.20. The monoisotopic (exact) mass is 267 g/mol. The van der Waals surface area contributed by atoms with E-state index in [0.29, 0.717) is 24.3 Å². The van der Waals surface area contributed by atoms with Crippen LogP contribution in [0.5, 0.6) is 5.75 Å². The number of rotatable bonds is 6. The van der Waals surface area contributed by atoms with Gasteiger partial charge in [0, 0.05) is 0 Å². The summed E-state index contributed by atoms with van der Waals surface area (Å²) in [5.74, 6) is -0.134. The van der Waals surface area contributed by atoms with Crippen LogP contribution in [0.2, 0.25) is 0 Å². The molecule has 0 unspecified atom stereocenters. The Labute approximate surface area is 101 Å². The molecule has 0 saturated carbocycles. The van der Waals surface area contributed by atoms with Crippen LogP contribution in [0.15, 0.2) is 18.2 Å². The molecule has 0 aromatic heterocycles. The molecule has 0 atom stereocenters. The quantitative estimate of drug-likeness (QED) is 0.635. The van der Waals surface area contributed by atoms with Crippen LogP contribution >= 0.6 is 0 Å². The summed E-state index contributed by atoms with van der Waals surface area (Å²) in [5, 5.41) is 0. The van der Waals surface area contributed by atoms with E-state index in [-0.39, 0.29) is 6.61 Å². The van der Waals surface area contributed by atoms with Crippen molar-refractivity contribution in [3.63, 3.8) is 0 Å². The van der Waals surface area contributed by atoms with Crippen LogP contribution in [0.25, 0.3) is 0 Å². The molecule has 1 aromatic rings. The van der Waals surface area contributed by atoms with E-state index in [9.17, 15) is 17.6 Å². The Morgan fingerprint density at radius 1 is 1.17 bits per heavy atom. The van der Waals surface area contributed by atoms with Crippen molar-refractivity contribution in [2.45, 2.75) is 12.8 Å². The maximum absolute atomic E-state index is 12.9. The molecule has 0 radical (unpaired) electrons. The first-order valence-corrected chi connectivity index (χ1v) is 5.24. The Kier molecular flexibility index (Phi) is 5.36. The highest BCUT2D eigenvalue weighted by atomic mass is 19.4. The molecule has 2 N–H and O–H groups in total. The smallest absolute Gasteiger partial charge is 0.491 e. The molecule has 1 rings (SSSR count). The van der Waals surface area contributed by atoms with Crippen LogP contribution in [-0.2, 0) is 11.2 Å². The second kappa shape index (κ2) is 6.55. The van der Waals surface area contributed by atoms with Crippen molar-refractivity contribution >= 4 is 0 Å². The highest BCUT2D eigenvalue weighted by molar-refractivity contribution is 5.34. The summed E-state index contributed by atoms with van der Waals surface area (Å²) >= 11 is 0. The molecule has 0 spiro atoms. The summed E-state index contributed by atoms with van der Waals surface area (Å²) in [6.07, 6.45) is -4.29. The molecule has 102 valence electrons. The fourth-order valence-electron chi connectivity index (χ4n) is 1.35. The Morgan fingerprint density at radius 2 is 1.89 bits per heavy atom. The molecule has 18 heavy (non-hydrogen) atoms. The third kappa shape index (κ3) is 5.33. The number of hydrogen-bond acceptors (Lipinski definition) is 3. The van der Waals surface area contributed by atoms with E-state index in [4.69, 9.17) is 10.5 Å². The van der Waals surface area contributed by atoms with Crippen LogP contribution in [-0.4, -0.2) is 26.1 Å². The van der Waals surface area contributed by atoms with Gasteiger partial charge in [0.15, 0.2) is 0 Å². The number of ether oxygens (including phenoxy) is 2. The van der Waals surface area contributed by atoms with Crippen molar-refractivity contribution in [1.82, 2.24) is 0 Å². The van der Waals surface area contributed by atoms with Gasteiger partial charge in [0.05, 0.1) is 6.61 Å². The molecule has 0 saturated heterocycles. The lowest BCUT2D eigenvalue weighted by molar-refractivity contribution is -0.325. The van der Waals surface area contributed by atoms with Crippen LogP contribution in [0.3, 0.4) is 0 Å². The summed E-state index contributed by atoms with van der Waals surface area (Å²) in [6, 6.07) is 3.76. The molecule has 0 fully saturated rings. The Morgan fingerprint density at radius 3 is 2.50 bits per heavy atom. The van der Waals surface area contributed by atoms with Crippen molar-refractivity contribution < 1.29 is 27.0 Å². The standard InChI is InChI=1S/C11H13F4NO2/c12-9-1-2-10(8(7-9)3-4-16)17-5-6-18-11(13,14)15/h1-2,7H,3-6,16H2. The molecule has 7 heteroatoms. The van der Waals surface area contributed by atoms with Crippen LogP contribution in [0.1, 0.15) is 5.56 Å². The van der Waals surface area contributed by atoms with Crippen molar-refractivity contribution in [3.05, 3.63) is 29.6 Å². The lowest BCUT2D eigenvalue weighted by Gasteiger charge is -2.12. The molecule has 0 aliphatic rings. The molecule has 1 aromatic carbocycles. The zero-order chi connectivity index (χ0) is 13.6. The van der Waals surface area contributed by atoms with Crippen LogP contribution < -0.4 is 10.5 Å². The summed E-state index contributed by atoms with van der Waals surface area (Å²) in [5.41, 5.74) is 5.86. The lowest BCUT2D eigenvalue weighted by Crippen LogP contribution is -2.18. The van der Waals surface area contributed by atoms with E-state index in [1.165, 1.54) is 18.2 Å². The number of halogens is 4. The zero-order valence-corrected chi connectivity index (χ0v) is 9.47. The van der Waals surface area contributed by atoms with Gasteiger partial charge in [0.1, 0.15) is 18.2 Å². The van der Waals surface area contributed by atoms with Gasteiger partial charge in [-0.2, -0.15) is 0 Å². The molecule has 0 aliphatic carbocycles. The van der Waals surface area contributed by atoms with Crippen LogP contribution in [0, 0.1) is 5.82 Å². The summed E-state index contributed by atoms with van der Waals surface area (Å²) < 4.78 is 56.7. The Balaban J connectivity index is 2.51. The van der Waals surface area contributed by atoms with E-state index in [0.717, 1.165) is 0 Å². The molecule has 0 heterocycles. The van der Waals surface area contributed by atoms with E-state index in [1.54, 1.807) is 0 Å².